The summed E-state index contributed by atoms with van der Waals surface area (Å²) in [5.74, 6) is 1.56. The summed E-state index contributed by atoms with van der Waals surface area (Å²) in [7, 11) is 1.89. The van der Waals surface area contributed by atoms with Gasteiger partial charge < -0.3 is 5.32 Å². The van der Waals surface area contributed by atoms with Crippen LogP contribution in [0, 0.1) is 3.57 Å². The third-order valence-corrected chi connectivity index (χ3v) is 3.87. The van der Waals surface area contributed by atoms with Crippen molar-refractivity contribution in [3.05, 3.63) is 21.5 Å². The molecule has 0 radical (unpaired) electrons. The fraction of sp³-hybridized carbons (Fsp3) is 0.500. The molecule has 0 fully saturated rings. The van der Waals surface area contributed by atoms with Gasteiger partial charge in [0.05, 0.1) is 9.26 Å². The molecule has 0 bridgehead atoms. The molecule has 0 saturated heterocycles. The number of anilines is 1. The molecule has 0 atom stereocenters. The van der Waals surface area contributed by atoms with E-state index in [1.165, 1.54) is 0 Å². The zero-order valence-electron chi connectivity index (χ0n) is 12.5. The molecule has 6 heteroatoms. The second kappa shape index (κ2) is 5.67. The number of nitrogens with one attached hydrogen (secondary N) is 1. The van der Waals surface area contributed by atoms with Crippen molar-refractivity contribution in [2.45, 2.75) is 33.1 Å². The van der Waals surface area contributed by atoms with Crippen molar-refractivity contribution in [2.75, 3.05) is 11.9 Å². The predicted octanol–water partition coefficient (Wildman–Crippen LogP) is 3.21. The smallest absolute Gasteiger partial charge is 0.182 e. The van der Waals surface area contributed by atoms with E-state index in [4.69, 9.17) is 4.98 Å². The van der Waals surface area contributed by atoms with Crippen LogP contribution < -0.4 is 5.32 Å². The van der Waals surface area contributed by atoms with E-state index in [1.54, 1.807) is 4.68 Å². The van der Waals surface area contributed by atoms with Gasteiger partial charge >= 0.3 is 0 Å². The molecule has 2 aromatic rings. The number of rotatable bonds is 3. The van der Waals surface area contributed by atoms with Crippen LogP contribution in [0.4, 0.5) is 5.82 Å². The molecule has 0 unspecified atom stereocenters. The summed E-state index contributed by atoms with van der Waals surface area (Å²) >= 11 is 2.32. The number of hydrogen-bond donors (Lipinski definition) is 1. The molecule has 1 N–H and O–H groups in total. The van der Waals surface area contributed by atoms with Gasteiger partial charge in [-0.15, -0.1) is 0 Å². The van der Waals surface area contributed by atoms with E-state index >= 15 is 0 Å². The van der Waals surface area contributed by atoms with Crippen LogP contribution in [0.1, 0.15) is 33.4 Å². The van der Waals surface area contributed by atoms with Crippen molar-refractivity contribution in [1.29, 1.82) is 0 Å². The minimum Gasteiger partial charge on any atom is -0.369 e. The number of aromatic nitrogens is 4. The molecule has 0 saturated carbocycles. The molecule has 2 aromatic heterocycles. The van der Waals surface area contributed by atoms with Gasteiger partial charge in [-0.25, -0.2) is 9.97 Å². The van der Waals surface area contributed by atoms with E-state index in [1.807, 2.05) is 19.3 Å². The Morgan fingerprint density at radius 1 is 1.30 bits per heavy atom. The predicted molar refractivity (Wildman–Crippen MR) is 89.8 cm³/mol. The van der Waals surface area contributed by atoms with Crippen molar-refractivity contribution in [1.82, 2.24) is 19.7 Å². The fourth-order valence-electron chi connectivity index (χ4n) is 1.88. The highest BCUT2D eigenvalue weighted by atomic mass is 127. The first-order chi connectivity index (χ1) is 9.32. The molecule has 0 spiro atoms. The van der Waals surface area contributed by atoms with E-state index in [9.17, 15) is 0 Å². The summed E-state index contributed by atoms with van der Waals surface area (Å²) in [6, 6.07) is 1.93. The highest BCUT2D eigenvalue weighted by molar-refractivity contribution is 14.1. The van der Waals surface area contributed by atoms with Gasteiger partial charge in [-0.3, -0.25) is 4.68 Å². The fourth-order valence-corrected chi connectivity index (χ4v) is 3.12. The Bertz CT molecular complexity index is 613. The zero-order chi connectivity index (χ0) is 14.9. The Balaban J connectivity index is 2.61. The van der Waals surface area contributed by atoms with Crippen molar-refractivity contribution < 1.29 is 0 Å². The number of halogens is 1. The van der Waals surface area contributed by atoms with Crippen LogP contribution in [-0.2, 0) is 12.5 Å². The van der Waals surface area contributed by atoms with E-state index in [2.05, 4.69) is 65.7 Å². The second-order valence-corrected chi connectivity index (χ2v) is 6.79. The van der Waals surface area contributed by atoms with Gasteiger partial charge in [0.1, 0.15) is 11.5 Å². The molecule has 20 heavy (non-hydrogen) atoms. The summed E-state index contributed by atoms with van der Waals surface area (Å²) < 4.78 is 2.84. The monoisotopic (exact) mass is 385 g/mol. The molecule has 0 amide bonds. The summed E-state index contributed by atoms with van der Waals surface area (Å²) in [6.07, 6.45) is 1.90. The van der Waals surface area contributed by atoms with Crippen LogP contribution in [0.5, 0.6) is 0 Å². The molecule has 0 aliphatic carbocycles. The molecule has 0 aromatic carbocycles. The van der Waals surface area contributed by atoms with E-state index in [0.29, 0.717) is 5.82 Å². The lowest BCUT2D eigenvalue weighted by molar-refractivity contribution is 0.564. The highest BCUT2D eigenvalue weighted by Crippen LogP contribution is 2.31. The molecular formula is C14H20IN5. The summed E-state index contributed by atoms with van der Waals surface area (Å²) in [5, 5.41) is 7.71. The van der Waals surface area contributed by atoms with E-state index < -0.39 is 0 Å². The van der Waals surface area contributed by atoms with Gasteiger partial charge in [0.25, 0.3) is 0 Å². The van der Waals surface area contributed by atoms with E-state index in [-0.39, 0.29) is 5.41 Å². The van der Waals surface area contributed by atoms with Crippen molar-refractivity contribution in [2.24, 2.45) is 7.05 Å². The Kier molecular flexibility index (Phi) is 4.31. The summed E-state index contributed by atoms with van der Waals surface area (Å²) in [6.45, 7) is 9.38. The maximum atomic E-state index is 4.74. The van der Waals surface area contributed by atoms with Crippen LogP contribution in [0.2, 0.25) is 0 Å². The third kappa shape index (κ3) is 3.11. The Hall–Kier alpha value is -1.18. The minimum atomic E-state index is -0.0346. The molecule has 5 nitrogen and oxygen atoms in total. The van der Waals surface area contributed by atoms with Gasteiger partial charge in [0, 0.05) is 25.2 Å². The molecule has 2 heterocycles. The minimum absolute atomic E-state index is 0.0346. The first-order valence-electron chi connectivity index (χ1n) is 6.65. The number of nitrogens with zero attached hydrogens (tertiary/aromatic N) is 4. The topological polar surface area (TPSA) is 55.6 Å². The normalized spacial score (nSPS) is 11.7. The Morgan fingerprint density at radius 3 is 2.50 bits per heavy atom. The first-order valence-corrected chi connectivity index (χ1v) is 7.72. The Labute approximate surface area is 133 Å². The lowest BCUT2D eigenvalue weighted by atomic mass is 9.92. The van der Waals surface area contributed by atoms with Gasteiger partial charge in [-0.1, -0.05) is 20.8 Å². The lowest BCUT2D eigenvalue weighted by Gasteiger charge is -2.21. The van der Waals surface area contributed by atoms with Gasteiger partial charge in [-0.05, 0) is 35.6 Å². The molecule has 108 valence electrons. The molecule has 2 rings (SSSR count). The maximum Gasteiger partial charge on any atom is 0.182 e. The van der Waals surface area contributed by atoms with Crippen LogP contribution in [0.25, 0.3) is 11.5 Å². The summed E-state index contributed by atoms with van der Waals surface area (Å²) in [5.41, 5.74) is 1.81. The zero-order valence-corrected chi connectivity index (χ0v) is 14.7. The van der Waals surface area contributed by atoms with Gasteiger partial charge in [0.15, 0.2) is 5.82 Å². The average Bonchev–Trinajstić information content (AvgIpc) is 2.77. The van der Waals surface area contributed by atoms with Crippen LogP contribution in [-0.4, -0.2) is 26.3 Å². The Morgan fingerprint density at radius 2 is 2.00 bits per heavy atom. The highest BCUT2D eigenvalue weighted by Gasteiger charge is 2.23. The molecule has 0 aliphatic rings. The lowest BCUT2D eigenvalue weighted by Crippen LogP contribution is -2.19. The first kappa shape index (κ1) is 15.2. The largest absolute Gasteiger partial charge is 0.369 e. The second-order valence-electron chi connectivity index (χ2n) is 5.71. The van der Waals surface area contributed by atoms with Crippen molar-refractivity contribution in [3.63, 3.8) is 0 Å². The van der Waals surface area contributed by atoms with Gasteiger partial charge in [0.2, 0.25) is 0 Å². The number of aryl methyl sites for hydroxylation is 1. The standard InChI is InChI=1S/C14H20IN5/c1-6-16-13-10(15)11(14(2,3)4)17-12(18-13)9-7-8-20(5)19-9/h7-8H,6H2,1-5H3,(H,16,17,18). The SMILES string of the molecule is CCNc1nc(-c2ccn(C)n2)nc(C(C)(C)C)c1I. The van der Waals surface area contributed by atoms with Crippen LogP contribution >= 0.6 is 22.6 Å². The van der Waals surface area contributed by atoms with Crippen molar-refractivity contribution in [3.8, 4) is 11.5 Å². The summed E-state index contributed by atoms with van der Waals surface area (Å²) in [4.78, 5) is 9.35. The maximum absolute atomic E-state index is 4.74. The van der Waals surface area contributed by atoms with Crippen LogP contribution in [0.15, 0.2) is 12.3 Å². The van der Waals surface area contributed by atoms with Crippen LogP contribution in [0.3, 0.4) is 0 Å². The quantitative estimate of drug-likeness (QED) is 0.825. The van der Waals surface area contributed by atoms with E-state index in [0.717, 1.165) is 27.3 Å². The van der Waals surface area contributed by atoms with Gasteiger partial charge in [-0.2, -0.15) is 5.10 Å². The molecular weight excluding hydrogens is 365 g/mol. The number of hydrogen-bond acceptors (Lipinski definition) is 4. The molecule has 0 aliphatic heterocycles. The average molecular weight is 385 g/mol. The van der Waals surface area contributed by atoms with Crippen molar-refractivity contribution >= 4 is 28.4 Å². The third-order valence-electron chi connectivity index (χ3n) is 2.85.